The van der Waals surface area contributed by atoms with Crippen molar-refractivity contribution >= 4 is 43.7 Å². The van der Waals surface area contributed by atoms with Gasteiger partial charge in [-0.25, -0.2) is 0 Å². The summed E-state index contributed by atoms with van der Waals surface area (Å²) in [6.45, 7) is 4.72. The highest BCUT2D eigenvalue weighted by Crippen LogP contribution is 2.57. The van der Waals surface area contributed by atoms with Crippen LogP contribution in [0.3, 0.4) is 0 Å². The Morgan fingerprint density at radius 1 is 0.657 bits per heavy atom. The van der Waals surface area contributed by atoms with Crippen LogP contribution in [0.4, 0.5) is 0 Å². The number of hydrogen-bond acceptors (Lipinski definition) is 1. The summed E-state index contributed by atoms with van der Waals surface area (Å²) in [5.74, 6) is 0. The van der Waals surface area contributed by atoms with Crippen LogP contribution in [-0.4, -0.2) is 4.57 Å². The Hall–Kier alpha value is -4.30. The Morgan fingerprint density at radius 3 is 2.20 bits per heavy atom. The molecule has 2 aromatic heterocycles. The van der Waals surface area contributed by atoms with Crippen LogP contribution in [0.2, 0.25) is 0 Å². The zero-order valence-electron chi connectivity index (χ0n) is 19.7. The van der Waals surface area contributed by atoms with Crippen LogP contribution in [0, 0.1) is 0 Å². The van der Waals surface area contributed by atoms with Crippen molar-refractivity contribution in [1.29, 1.82) is 0 Å². The van der Waals surface area contributed by atoms with Gasteiger partial charge >= 0.3 is 0 Å². The van der Waals surface area contributed by atoms with Crippen molar-refractivity contribution in [2.45, 2.75) is 19.3 Å². The maximum atomic E-state index is 6.73. The summed E-state index contributed by atoms with van der Waals surface area (Å²) in [5.41, 5.74) is 10.7. The third-order valence-electron chi connectivity index (χ3n) is 7.94. The molecule has 0 atom stereocenters. The zero-order chi connectivity index (χ0) is 23.3. The predicted molar refractivity (Wildman–Crippen MR) is 146 cm³/mol. The molecule has 2 nitrogen and oxygen atoms in total. The molecule has 35 heavy (non-hydrogen) atoms. The van der Waals surface area contributed by atoms with Gasteiger partial charge in [-0.1, -0.05) is 92.7 Å². The van der Waals surface area contributed by atoms with Crippen LogP contribution < -0.4 is 0 Å². The third kappa shape index (κ3) is 2.25. The highest BCUT2D eigenvalue weighted by atomic mass is 16.3. The Bertz CT molecular complexity index is 1970. The van der Waals surface area contributed by atoms with E-state index in [-0.39, 0.29) is 5.41 Å². The molecule has 7 aromatic rings. The van der Waals surface area contributed by atoms with Crippen LogP contribution in [0.5, 0.6) is 0 Å². The fourth-order valence-corrected chi connectivity index (χ4v) is 6.53. The van der Waals surface area contributed by atoms with Gasteiger partial charge in [0.1, 0.15) is 11.2 Å². The van der Waals surface area contributed by atoms with E-state index in [0.29, 0.717) is 0 Å². The van der Waals surface area contributed by atoms with Gasteiger partial charge in [-0.3, -0.25) is 0 Å². The van der Waals surface area contributed by atoms with Gasteiger partial charge in [0.25, 0.3) is 0 Å². The summed E-state index contributed by atoms with van der Waals surface area (Å²) in [5, 5.41) is 4.98. The van der Waals surface area contributed by atoms with E-state index in [0.717, 1.165) is 16.6 Å². The smallest absolute Gasteiger partial charge is 0.145 e. The average Bonchev–Trinajstić information content (AvgIpc) is 3.51. The van der Waals surface area contributed by atoms with E-state index < -0.39 is 0 Å². The third-order valence-corrected chi connectivity index (χ3v) is 7.94. The highest BCUT2D eigenvalue weighted by Gasteiger charge is 2.41. The van der Waals surface area contributed by atoms with Gasteiger partial charge in [-0.15, -0.1) is 0 Å². The monoisotopic (exact) mass is 449 g/mol. The minimum atomic E-state index is -0.150. The van der Waals surface area contributed by atoms with Gasteiger partial charge in [0.05, 0.1) is 16.4 Å². The number of hydrogen-bond donors (Lipinski definition) is 0. The first kappa shape index (κ1) is 19.1. The van der Waals surface area contributed by atoms with Crippen LogP contribution >= 0.6 is 0 Å². The predicted octanol–water partition coefficient (Wildman–Crippen LogP) is 8.99. The molecule has 0 amide bonds. The molecule has 5 aromatic carbocycles. The number of furan rings is 1. The van der Waals surface area contributed by atoms with E-state index >= 15 is 0 Å². The number of aromatic nitrogens is 1. The molecule has 166 valence electrons. The molecule has 2 heteroatoms. The Balaban J connectivity index is 1.76. The standard InChI is InChI=1S/C33H23NO/c1-33(2)24-17-9-6-14-21(24)28-30(33)27-22-15-7-10-18-25(22)34(20-12-4-3-5-13-20)31(27)29-23-16-8-11-19-26(23)35-32(28)29/h3-19H,1-2H3. The average molecular weight is 450 g/mol. The molecule has 0 fully saturated rings. The van der Waals surface area contributed by atoms with E-state index in [1.54, 1.807) is 0 Å². The van der Waals surface area contributed by atoms with Crippen molar-refractivity contribution in [3.63, 3.8) is 0 Å². The quantitative estimate of drug-likeness (QED) is 0.244. The lowest BCUT2D eigenvalue weighted by atomic mass is 9.80. The summed E-state index contributed by atoms with van der Waals surface area (Å²) >= 11 is 0. The fraction of sp³-hybridized carbons (Fsp3) is 0.0909. The maximum Gasteiger partial charge on any atom is 0.145 e. The summed E-state index contributed by atoms with van der Waals surface area (Å²) in [6, 6.07) is 36.9. The summed E-state index contributed by atoms with van der Waals surface area (Å²) in [4.78, 5) is 0. The molecule has 0 radical (unpaired) electrons. The Labute approximate surface area is 203 Å². The minimum absolute atomic E-state index is 0.150. The number of fused-ring (bicyclic) bond motifs is 12. The van der Waals surface area contributed by atoms with Gasteiger partial charge in [-0.2, -0.15) is 0 Å². The molecule has 0 aliphatic heterocycles. The number of benzene rings is 5. The topological polar surface area (TPSA) is 18.1 Å². The zero-order valence-corrected chi connectivity index (χ0v) is 19.7. The molecule has 0 N–H and O–H groups in total. The fourth-order valence-electron chi connectivity index (χ4n) is 6.53. The van der Waals surface area contributed by atoms with E-state index in [9.17, 15) is 0 Å². The molecular formula is C33H23NO. The molecule has 0 saturated heterocycles. The van der Waals surface area contributed by atoms with Gasteiger partial charge in [0.2, 0.25) is 0 Å². The first-order valence-electron chi connectivity index (χ1n) is 12.2. The second kappa shape index (κ2) is 6.43. The molecule has 0 unspecified atom stereocenters. The van der Waals surface area contributed by atoms with Crippen LogP contribution in [0.25, 0.3) is 60.6 Å². The Kier molecular flexibility index (Phi) is 3.50. The van der Waals surface area contributed by atoms with E-state index in [4.69, 9.17) is 4.42 Å². The summed E-state index contributed by atoms with van der Waals surface area (Å²) in [7, 11) is 0. The number of nitrogens with zero attached hydrogens (tertiary/aromatic N) is 1. The number of para-hydroxylation sites is 3. The van der Waals surface area contributed by atoms with Crippen molar-refractivity contribution in [3.05, 3.63) is 114 Å². The van der Waals surface area contributed by atoms with E-state index in [2.05, 4.69) is 122 Å². The molecule has 0 spiro atoms. The molecule has 2 heterocycles. The molecule has 8 rings (SSSR count). The summed E-state index contributed by atoms with van der Waals surface area (Å²) in [6.07, 6.45) is 0. The van der Waals surface area contributed by atoms with Gasteiger partial charge in [0.15, 0.2) is 0 Å². The van der Waals surface area contributed by atoms with Crippen molar-refractivity contribution in [2.24, 2.45) is 0 Å². The largest absolute Gasteiger partial charge is 0.455 e. The molecule has 0 saturated carbocycles. The SMILES string of the molecule is CC1(C)c2ccccc2-c2c1c1c3ccccc3n(-c3ccccc3)c1c1c2oc2ccccc21. The highest BCUT2D eigenvalue weighted by molar-refractivity contribution is 6.30. The van der Waals surface area contributed by atoms with Crippen LogP contribution in [0.15, 0.2) is 108 Å². The lowest BCUT2D eigenvalue weighted by molar-refractivity contribution is 0.658. The second-order valence-electron chi connectivity index (χ2n) is 10.1. The molecular weight excluding hydrogens is 426 g/mol. The molecule has 0 bridgehead atoms. The maximum absolute atomic E-state index is 6.73. The normalized spacial score (nSPS) is 14.2. The Morgan fingerprint density at radius 2 is 1.34 bits per heavy atom. The first-order chi connectivity index (χ1) is 17.2. The van der Waals surface area contributed by atoms with E-state index in [1.165, 1.54) is 55.1 Å². The lowest BCUT2D eigenvalue weighted by Gasteiger charge is -2.23. The van der Waals surface area contributed by atoms with Crippen LogP contribution in [-0.2, 0) is 5.41 Å². The van der Waals surface area contributed by atoms with Gasteiger partial charge < -0.3 is 8.98 Å². The molecule has 1 aliphatic carbocycles. The minimum Gasteiger partial charge on any atom is -0.455 e. The number of rotatable bonds is 1. The van der Waals surface area contributed by atoms with Gasteiger partial charge in [0, 0.05) is 32.8 Å². The van der Waals surface area contributed by atoms with Crippen molar-refractivity contribution in [3.8, 4) is 16.8 Å². The van der Waals surface area contributed by atoms with Crippen molar-refractivity contribution < 1.29 is 4.42 Å². The molecule has 1 aliphatic rings. The summed E-state index contributed by atoms with van der Waals surface area (Å²) < 4.78 is 9.17. The first-order valence-corrected chi connectivity index (χ1v) is 12.2. The van der Waals surface area contributed by atoms with E-state index in [1.807, 2.05) is 0 Å². The lowest BCUT2D eigenvalue weighted by Crippen LogP contribution is -2.15. The van der Waals surface area contributed by atoms with Crippen molar-refractivity contribution in [2.75, 3.05) is 0 Å². The van der Waals surface area contributed by atoms with Crippen molar-refractivity contribution in [1.82, 2.24) is 4.57 Å². The van der Waals surface area contributed by atoms with Crippen LogP contribution in [0.1, 0.15) is 25.0 Å². The van der Waals surface area contributed by atoms with Gasteiger partial charge in [-0.05, 0) is 41.0 Å². The second-order valence-corrected chi connectivity index (χ2v) is 10.1.